The van der Waals surface area contributed by atoms with Crippen LogP contribution in [-0.4, -0.2) is 25.0 Å². The molecule has 0 aliphatic carbocycles. The largest absolute Gasteiger partial charge is 0.355 e. The molecule has 0 fully saturated rings. The molecule has 3 nitrogen and oxygen atoms in total. The number of hydrogen-bond donors (Lipinski definition) is 2. The molecular formula is C11H24N2O. The minimum atomic E-state index is 0.103. The van der Waals surface area contributed by atoms with Crippen molar-refractivity contribution in [2.45, 2.75) is 46.6 Å². The van der Waals surface area contributed by atoms with Crippen molar-refractivity contribution in [1.82, 2.24) is 10.6 Å². The summed E-state index contributed by atoms with van der Waals surface area (Å²) in [5.74, 6) is 0.685. The molecule has 0 aromatic rings. The Labute approximate surface area is 87.6 Å². The van der Waals surface area contributed by atoms with Crippen molar-refractivity contribution in [3.05, 3.63) is 0 Å². The molecule has 0 aliphatic rings. The van der Waals surface area contributed by atoms with Crippen LogP contribution < -0.4 is 10.6 Å². The molecule has 84 valence electrons. The molecule has 0 saturated carbocycles. The van der Waals surface area contributed by atoms with Gasteiger partial charge in [0, 0.05) is 12.6 Å². The topological polar surface area (TPSA) is 41.1 Å². The summed E-state index contributed by atoms with van der Waals surface area (Å²) in [6, 6.07) is 0.447. The Morgan fingerprint density at radius 2 is 1.93 bits per heavy atom. The van der Waals surface area contributed by atoms with E-state index < -0.39 is 0 Å². The molecule has 3 heteroatoms. The molecule has 0 bridgehead atoms. The molecular weight excluding hydrogens is 176 g/mol. The second kappa shape index (κ2) is 7.80. The molecule has 0 aromatic heterocycles. The SMILES string of the molecule is CCCNC(=O)CNC(CC)C(C)C. The molecule has 14 heavy (non-hydrogen) atoms. The summed E-state index contributed by atoms with van der Waals surface area (Å²) in [6.45, 7) is 9.75. The fourth-order valence-electron chi connectivity index (χ4n) is 1.40. The van der Waals surface area contributed by atoms with Crippen molar-refractivity contribution in [3.8, 4) is 0 Å². The summed E-state index contributed by atoms with van der Waals surface area (Å²) in [5, 5.41) is 6.11. The Balaban J connectivity index is 3.63. The number of carbonyl (C=O) groups is 1. The van der Waals surface area contributed by atoms with E-state index in [2.05, 4.69) is 38.3 Å². The van der Waals surface area contributed by atoms with Gasteiger partial charge < -0.3 is 10.6 Å². The highest BCUT2D eigenvalue weighted by molar-refractivity contribution is 5.77. The van der Waals surface area contributed by atoms with E-state index in [0.717, 1.165) is 19.4 Å². The maximum absolute atomic E-state index is 11.3. The van der Waals surface area contributed by atoms with Crippen molar-refractivity contribution >= 4 is 5.91 Å². The van der Waals surface area contributed by atoms with Crippen LogP contribution >= 0.6 is 0 Å². The quantitative estimate of drug-likeness (QED) is 0.654. The van der Waals surface area contributed by atoms with Crippen LogP contribution in [0.15, 0.2) is 0 Å². The molecule has 0 aliphatic heterocycles. The van der Waals surface area contributed by atoms with E-state index in [0.29, 0.717) is 18.5 Å². The maximum Gasteiger partial charge on any atom is 0.233 e. The zero-order chi connectivity index (χ0) is 11.0. The number of nitrogens with one attached hydrogen (secondary N) is 2. The lowest BCUT2D eigenvalue weighted by atomic mass is 10.0. The van der Waals surface area contributed by atoms with Gasteiger partial charge in [-0.1, -0.05) is 27.7 Å². The lowest BCUT2D eigenvalue weighted by Gasteiger charge is -2.20. The van der Waals surface area contributed by atoms with Crippen LogP contribution in [0, 0.1) is 5.92 Å². The molecule has 0 radical (unpaired) electrons. The highest BCUT2D eigenvalue weighted by Crippen LogP contribution is 2.04. The Morgan fingerprint density at radius 1 is 1.29 bits per heavy atom. The summed E-state index contributed by atoms with van der Waals surface area (Å²) in [4.78, 5) is 11.3. The van der Waals surface area contributed by atoms with Gasteiger partial charge in [0.15, 0.2) is 0 Å². The van der Waals surface area contributed by atoms with Crippen molar-refractivity contribution in [2.75, 3.05) is 13.1 Å². The normalized spacial score (nSPS) is 12.9. The monoisotopic (exact) mass is 200 g/mol. The van der Waals surface area contributed by atoms with E-state index in [1.54, 1.807) is 0 Å². The first-order valence-electron chi connectivity index (χ1n) is 5.61. The summed E-state index contributed by atoms with van der Waals surface area (Å²) in [6.07, 6.45) is 2.06. The molecule has 0 spiro atoms. The fourth-order valence-corrected chi connectivity index (χ4v) is 1.40. The van der Waals surface area contributed by atoms with Gasteiger partial charge in [0.25, 0.3) is 0 Å². The number of amides is 1. The summed E-state index contributed by atoms with van der Waals surface area (Å²) >= 11 is 0. The zero-order valence-electron chi connectivity index (χ0n) is 9.89. The third-order valence-corrected chi connectivity index (χ3v) is 2.34. The Kier molecular flexibility index (Phi) is 7.48. The standard InChI is InChI=1S/C11H24N2O/c1-5-7-12-11(14)8-13-10(6-2)9(3)4/h9-10,13H,5-8H2,1-4H3,(H,12,14). The average molecular weight is 200 g/mol. The number of carbonyl (C=O) groups excluding carboxylic acids is 1. The molecule has 2 N–H and O–H groups in total. The van der Waals surface area contributed by atoms with E-state index in [4.69, 9.17) is 0 Å². The molecule has 0 rings (SSSR count). The van der Waals surface area contributed by atoms with Crippen LogP contribution in [0.3, 0.4) is 0 Å². The van der Waals surface area contributed by atoms with Gasteiger partial charge in [0.05, 0.1) is 6.54 Å². The van der Waals surface area contributed by atoms with Gasteiger partial charge in [-0.15, -0.1) is 0 Å². The molecule has 1 amide bonds. The summed E-state index contributed by atoms with van der Waals surface area (Å²) in [7, 11) is 0. The molecule has 0 aromatic carbocycles. The van der Waals surface area contributed by atoms with Crippen LogP contribution in [0.2, 0.25) is 0 Å². The van der Waals surface area contributed by atoms with Gasteiger partial charge in [-0.25, -0.2) is 0 Å². The maximum atomic E-state index is 11.3. The third kappa shape index (κ3) is 5.97. The lowest BCUT2D eigenvalue weighted by Crippen LogP contribution is -2.41. The third-order valence-electron chi connectivity index (χ3n) is 2.34. The second-order valence-corrected chi connectivity index (χ2v) is 3.99. The van der Waals surface area contributed by atoms with Crippen molar-refractivity contribution < 1.29 is 4.79 Å². The molecule has 1 atom stereocenters. The predicted octanol–water partition coefficient (Wildman–Crippen LogP) is 1.54. The number of rotatable bonds is 7. The van der Waals surface area contributed by atoms with Gasteiger partial charge in [0.1, 0.15) is 0 Å². The molecule has 0 saturated heterocycles. The van der Waals surface area contributed by atoms with Gasteiger partial charge in [0.2, 0.25) is 5.91 Å². The zero-order valence-corrected chi connectivity index (χ0v) is 9.89. The van der Waals surface area contributed by atoms with Gasteiger partial charge >= 0.3 is 0 Å². The summed E-state index contributed by atoms with van der Waals surface area (Å²) in [5.41, 5.74) is 0. The smallest absolute Gasteiger partial charge is 0.233 e. The van der Waals surface area contributed by atoms with Crippen LogP contribution in [0.4, 0.5) is 0 Å². The van der Waals surface area contributed by atoms with Crippen LogP contribution in [-0.2, 0) is 4.79 Å². The minimum absolute atomic E-state index is 0.103. The lowest BCUT2D eigenvalue weighted by molar-refractivity contribution is -0.120. The van der Waals surface area contributed by atoms with Gasteiger partial charge in [-0.05, 0) is 18.8 Å². The van der Waals surface area contributed by atoms with Crippen molar-refractivity contribution in [3.63, 3.8) is 0 Å². The van der Waals surface area contributed by atoms with Crippen LogP contribution in [0.25, 0.3) is 0 Å². The first-order valence-corrected chi connectivity index (χ1v) is 5.61. The first-order chi connectivity index (χ1) is 6.61. The van der Waals surface area contributed by atoms with Crippen LogP contribution in [0.5, 0.6) is 0 Å². The fraction of sp³-hybridized carbons (Fsp3) is 0.909. The highest BCUT2D eigenvalue weighted by Gasteiger charge is 2.11. The van der Waals surface area contributed by atoms with E-state index in [9.17, 15) is 4.79 Å². The second-order valence-electron chi connectivity index (χ2n) is 3.99. The van der Waals surface area contributed by atoms with Crippen LogP contribution in [0.1, 0.15) is 40.5 Å². The first kappa shape index (κ1) is 13.4. The van der Waals surface area contributed by atoms with Gasteiger partial charge in [-0.2, -0.15) is 0 Å². The average Bonchev–Trinajstić information content (AvgIpc) is 2.15. The highest BCUT2D eigenvalue weighted by atomic mass is 16.1. The van der Waals surface area contributed by atoms with E-state index >= 15 is 0 Å². The van der Waals surface area contributed by atoms with Gasteiger partial charge in [-0.3, -0.25) is 4.79 Å². The minimum Gasteiger partial charge on any atom is -0.355 e. The molecule has 1 unspecified atom stereocenters. The van der Waals surface area contributed by atoms with Crippen molar-refractivity contribution in [1.29, 1.82) is 0 Å². The Bertz CT molecular complexity index is 157. The van der Waals surface area contributed by atoms with E-state index in [-0.39, 0.29) is 5.91 Å². The Hall–Kier alpha value is -0.570. The van der Waals surface area contributed by atoms with Crippen molar-refractivity contribution in [2.24, 2.45) is 5.92 Å². The number of hydrogen-bond acceptors (Lipinski definition) is 2. The van der Waals surface area contributed by atoms with E-state index in [1.807, 2.05) is 0 Å². The molecule has 0 heterocycles. The predicted molar refractivity (Wildman–Crippen MR) is 60.2 cm³/mol. The Morgan fingerprint density at radius 3 is 2.36 bits per heavy atom. The summed E-state index contributed by atoms with van der Waals surface area (Å²) < 4.78 is 0. The van der Waals surface area contributed by atoms with E-state index in [1.165, 1.54) is 0 Å².